The monoisotopic (exact) mass is 453 g/mol. The van der Waals surface area contributed by atoms with Gasteiger partial charge in [0.05, 0.1) is 13.2 Å². The number of benzene rings is 2. The van der Waals surface area contributed by atoms with Gasteiger partial charge in [-0.3, -0.25) is 9.69 Å². The van der Waals surface area contributed by atoms with Gasteiger partial charge in [0.2, 0.25) is 0 Å². The van der Waals surface area contributed by atoms with Gasteiger partial charge in [-0.1, -0.05) is 18.2 Å². The van der Waals surface area contributed by atoms with E-state index in [1.165, 1.54) is 27.8 Å². The maximum absolute atomic E-state index is 11.6. The second-order valence-electron chi connectivity index (χ2n) is 7.96. The van der Waals surface area contributed by atoms with Crippen molar-refractivity contribution in [3.05, 3.63) is 48.5 Å². The lowest BCUT2D eigenvalue weighted by Crippen LogP contribution is -2.25. The molecule has 0 unspecified atom stereocenters. The highest BCUT2D eigenvalue weighted by Crippen LogP contribution is 2.38. The molecule has 1 aliphatic heterocycles. The fourth-order valence-electron chi connectivity index (χ4n) is 3.94. The van der Waals surface area contributed by atoms with Gasteiger partial charge in [-0.05, 0) is 80.6 Å². The lowest BCUT2D eigenvalue weighted by molar-refractivity contribution is -0.143. The topological polar surface area (TPSA) is 48.0 Å². The van der Waals surface area contributed by atoms with Crippen molar-refractivity contribution in [3.8, 4) is 21.9 Å². The highest BCUT2D eigenvalue weighted by Gasteiger charge is 2.14. The molecule has 170 valence electrons. The first-order valence-corrected chi connectivity index (χ1v) is 12.3. The summed E-state index contributed by atoms with van der Waals surface area (Å²) in [4.78, 5) is 15.2. The van der Waals surface area contributed by atoms with Crippen LogP contribution in [-0.4, -0.2) is 50.3 Å². The van der Waals surface area contributed by atoms with Crippen molar-refractivity contribution in [2.75, 3.05) is 39.5 Å². The molecule has 0 bridgehead atoms. The van der Waals surface area contributed by atoms with Gasteiger partial charge >= 0.3 is 5.97 Å². The van der Waals surface area contributed by atoms with E-state index in [1.807, 2.05) is 13.0 Å². The van der Waals surface area contributed by atoms with Crippen molar-refractivity contribution in [1.82, 2.24) is 4.90 Å². The third-order valence-electron chi connectivity index (χ3n) is 5.61. The number of rotatable bonds is 11. The standard InChI is InChI=1S/C26H31NO4S/c1-2-29-26(28)10-7-16-30-23-18-21(25-19-20-8-3-4-9-24(20)32-25)11-12-22(23)31-17-15-27-13-5-6-14-27/h3-4,8-9,11-12,18-19H,2,5-7,10,13-17H2,1H3. The van der Waals surface area contributed by atoms with Crippen molar-refractivity contribution < 1.29 is 19.0 Å². The molecule has 6 heteroatoms. The molecular weight excluding hydrogens is 422 g/mol. The molecule has 1 aromatic heterocycles. The van der Waals surface area contributed by atoms with Crippen LogP contribution in [0.15, 0.2) is 48.5 Å². The molecule has 0 spiro atoms. The van der Waals surface area contributed by atoms with E-state index in [2.05, 4.69) is 47.4 Å². The van der Waals surface area contributed by atoms with Gasteiger partial charge in [-0.25, -0.2) is 0 Å². The third kappa shape index (κ3) is 6.02. The third-order valence-corrected chi connectivity index (χ3v) is 6.77. The minimum absolute atomic E-state index is 0.183. The summed E-state index contributed by atoms with van der Waals surface area (Å²) in [6, 6.07) is 16.8. The number of nitrogens with zero attached hydrogens (tertiary/aromatic N) is 1. The van der Waals surface area contributed by atoms with Crippen molar-refractivity contribution in [2.24, 2.45) is 0 Å². The Morgan fingerprint density at radius 2 is 1.81 bits per heavy atom. The van der Waals surface area contributed by atoms with Crippen molar-refractivity contribution in [3.63, 3.8) is 0 Å². The van der Waals surface area contributed by atoms with Crippen LogP contribution in [0.2, 0.25) is 0 Å². The molecule has 0 radical (unpaired) electrons. The molecular formula is C26H31NO4S. The first-order chi connectivity index (χ1) is 15.7. The van der Waals surface area contributed by atoms with E-state index in [9.17, 15) is 4.79 Å². The summed E-state index contributed by atoms with van der Waals surface area (Å²) in [5, 5.41) is 1.25. The molecule has 0 amide bonds. The second-order valence-corrected chi connectivity index (χ2v) is 9.05. The molecule has 0 atom stereocenters. The van der Waals surface area contributed by atoms with Gasteiger partial charge in [-0.2, -0.15) is 0 Å². The molecule has 32 heavy (non-hydrogen) atoms. The molecule has 1 aliphatic rings. The highest BCUT2D eigenvalue weighted by atomic mass is 32.1. The van der Waals surface area contributed by atoms with Gasteiger partial charge in [0.25, 0.3) is 0 Å². The number of ether oxygens (including phenoxy) is 3. The molecule has 2 aromatic carbocycles. The Hall–Kier alpha value is -2.57. The number of esters is 1. The Morgan fingerprint density at radius 3 is 2.62 bits per heavy atom. The van der Waals surface area contributed by atoms with E-state index in [0.29, 0.717) is 32.7 Å². The van der Waals surface area contributed by atoms with Crippen LogP contribution in [0.4, 0.5) is 0 Å². The fraction of sp³-hybridized carbons (Fsp3) is 0.423. The zero-order chi connectivity index (χ0) is 22.2. The maximum Gasteiger partial charge on any atom is 0.305 e. The van der Waals surface area contributed by atoms with Gasteiger partial charge in [0.15, 0.2) is 11.5 Å². The van der Waals surface area contributed by atoms with Crippen LogP contribution >= 0.6 is 11.3 Å². The van der Waals surface area contributed by atoms with Crippen molar-refractivity contribution in [2.45, 2.75) is 32.6 Å². The zero-order valence-corrected chi connectivity index (χ0v) is 19.5. The first kappa shape index (κ1) is 22.6. The minimum Gasteiger partial charge on any atom is -0.490 e. The molecule has 4 rings (SSSR count). The second kappa shape index (κ2) is 11.3. The predicted molar refractivity (Wildman–Crippen MR) is 130 cm³/mol. The average molecular weight is 454 g/mol. The summed E-state index contributed by atoms with van der Waals surface area (Å²) in [5.74, 6) is 1.30. The number of hydrogen-bond donors (Lipinski definition) is 0. The number of carbonyl (C=O) groups is 1. The maximum atomic E-state index is 11.6. The Bertz CT molecular complexity index is 993. The Labute approximate surface area is 193 Å². The number of thiophene rings is 1. The summed E-state index contributed by atoms with van der Waals surface area (Å²) in [6.07, 6.45) is 3.52. The summed E-state index contributed by atoms with van der Waals surface area (Å²) < 4.78 is 18.5. The van der Waals surface area contributed by atoms with Crippen LogP contribution in [0.1, 0.15) is 32.6 Å². The quantitative estimate of drug-likeness (QED) is 0.273. The first-order valence-electron chi connectivity index (χ1n) is 11.5. The minimum atomic E-state index is -0.183. The van der Waals surface area contributed by atoms with Crippen LogP contribution in [0, 0.1) is 0 Å². The summed E-state index contributed by atoms with van der Waals surface area (Å²) in [6.45, 7) is 6.56. The van der Waals surface area contributed by atoms with Crippen LogP contribution < -0.4 is 9.47 Å². The number of carbonyl (C=O) groups excluding carboxylic acids is 1. The van der Waals surface area contributed by atoms with E-state index in [4.69, 9.17) is 14.2 Å². The van der Waals surface area contributed by atoms with E-state index in [1.54, 1.807) is 11.3 Å². The molecule has 1 saturated heterocycles. The van der Waals surface area contributed by atoms with Crippen LogP contribution in [0.3, 0.4) is 0 Å². The average Bonchev–Trinajstić information content (AvgIpc) is 3.47. The van der Waals surface area contributed by atoms with Crippen LogP contribution in [0.25, 0.3) is 20.5 Å². The van der Waals surface area contributed by atoms with E-state index in [0.717, 1.165) is 36.7 Å². The Balaban J connectivity index is 1.45. The zero-order valence-electron chi connectivity index (χ0n) is 18.7. The molecule has 0 saturated carbocycles. The molecule has 0 aliphatic carbocycles. The smallest absolute Gasteiger partial charge is 0.305 e. The molecule has 2 heterocycles. The number of likely N-dealkylation sites (tertiary alicyclic amines) is 1. The lowest BCUT2D eigenvalue weighted by atomic mass is 10.1. The normalized spacial score (nSPS) is 14.0. The van der Waals surface area contributed by atoms with Gasteiger partial charge in [0, 0.05) is 22.5 Å². The number of fused-ring (bicyclic) bond motifs is 1. The SMILES string of the molecule is CCOC(=O)CCCOc1cc(-c2cc3ccccc3s2)ccc1OCCN1CCCC1. The van der Waals surface area contributed by atoms with Crippen molar-refractivity contribution in [1.29, 1.82) is 0 Å². The van der Waals surface area contributed by atoms with E-state index < -0.39 is 0 Å². The fourth-order valence-corrected chi connectivity index (χ4v) is 5.00. The lowest BCUT2D eigenvalue weighted by Gasteiger charge is -2.17. The van der Waals surface area contributed by atoms with Gasteiger partial charge < -0.3 is 14.2 Å². The van der Waals surface area contributed by atoms with Gasteiger partial charge in [-0.15, -0.1) is 11.3 Å². The summed E-state index contributed by atoms with van der Waals surface area (Å²) >= 11 is 1.77. The summed E-state index contributed by atoms with van der Waals surface area (Å²) in [5.41, 5.74) is 1.11. The highest BCUT2D eigenvalue weighted by molar-refractivity contribution is 7.22. The van der Waals surface area contributed by atoms with Crippen molar-refractivity contribution >= 4 is 27.4 Å². The molecule has 1 fully saturated rings. The van der Waals surface area contributed by atoms with E-state index in [-0.39, 0.29) is 5.97 Å². The van der Waals surface area contributed by atoms with E-state index >= 15 is 0 Å². The molecule has 5 nitrogen and oxygen atoms in total. The van der Waals surface area contributed by atoms with Crippen LogP contribution in [-0.2, 0) is 9.53 Å². The van der Waals surface area contributed by atoms with Crippen LogP contribution in [0.5, 0.6) is 11.5 Å². The molecule has 3 aromatic rings. The predicted octanol–water partition coefficient (Wildman–Crippen LogP) is 5.77. The summed E-state index contributed by atoms with van der Waals surface area (Å²) in [7, 11) is 0. The number of hydrogen-bond acceptors (Lipinski definition) is 6. The molecule has 0 N–H and O–H groups in total. The Kier molecular flexibility index (Phi) is 8.02. The van der Waals surface area contributed by atoms with Gasteiger partial charge in [0.1, 0.15) is 6.61 Å². The Morgan fingerprint density at radius 1 is 1.00 bits per heavy atom. The largest absolute Gasteiger partial charge is 0.490 e.